The predicted molar refractivity (Wildman–Crippen MR) is 144 cm³/mol. The quantitative estimate of drug-likeness (QED) is 0.0943. The standard InChI is InChI=1S/C18H32O2.C8H23N5/c1-2-3-4-5-6-7-8-9-10-11-12-13-14-15-16-17-18(19)20;9-1-3-11-5-7-13-8-6-12-4-2-10/h6-7,9-10H,2-5,8,11-17H2,1H3,(H,19,20);11-13H,1-10H2/b7-6-,10-9-;. The number of aliphatic carboxylic acids is 1. The van der Waals surface area contributed by atoms with E-state index in [4.69, 9.17) is 16.6 Å². The van der Waals surface area contributed by atoms with Gasteiger partial charge in [0.1, 0.15) is 0 Å². The van der Waals surface area contributed by atoms with Gasteiger partial charge in [-0.1, -0.05) is 63.3 Å². The zero-order chi connectivity index (χ0) is 24.7. The SMILES string of the molecule is CCCCC/C=C\C/C=C\CCCCCCCC(=O)O.NCCNCCNCCNCCN. The number of unbranched alkanes of at least 4 members (excludes halogenated alkanes) is 8. The number of hydrogen-bond donors (Lipinski definition) is 6. The third-order valence-electron chi connectivity index (χ3n) is 4.94. The molecule has 0 saturated heterocycles. The number of carboxylic acid groups (broad SMARTS) is 1. The van der Waals surface area contributed by atoms with Crippen LogP contribution in [0.3, 0.4) is 0 Å². The Morgan fingerprint density at radius 1 is 0.667 bits per heavy atom. The Hall–Kier alpha value is -1.25. The third-order valence-corrected chi connectivity index (χ3v) is 4.94. The van der Waals surface area contributed by atoms with E-state index in [-0.39, 0.29) is 0 Å². The summed E-state index contributed by atoms with van der Waals surface area (Å²) in [5.41, 5.74) is 10.6. The van der Waals surface area contributed by atoms with Crippen LogP contribution in [0.2, 0.25) is 0 Å². The number of carboxylic acids is 1. The molecule has 0 aromatic rings. The second-order valence-electron chi connectivity index (χ2n) is 8.20. The highest BCUT2D eigenvalue weighted by Gasteiger charge is 1.95. The molecule has 0 unspecified atom stereocenters. The minimum atomic E-state index is -0.671. The van der Waals surface area contributed by atoms with Crippen LogP contribution < -0.4 is 27.4 Å². The van der Waals surface area contributed by atoms with Crippen LogP contribution in [0.15, 0.2) is 24.3 Å². The molecule has 7 nitrogen and oxygen atoms in total. The Morgan fingerprint density at radius 3 is 1.61 bits per heavy atom. The van der Waals surface area contributed by atoms with Crippen LogP contribution in [0, 0.1) is 0 Å². The van der Waals surface area contributed by atoms with Gasteiger partial charge < -0.3 is 32.5 Å². The zero-order valence-electron chi connectivity index (χ0n) is 21.5. The number of rotatable bonds is 24. The summed E-state index contributed by atoms with van der Waals surface area (Å²) >= 11 is 0. The first-order chi connectivity index (χ1) is 16.2. The lowest BCUT2D eigenvalue weighted by Gasteiger charge is -2.06. The second kappa shape index (κ2) is 32.9. The van der Waals surface area contributed by atoms with Gasteiger partial charge in [0, 0.05) is 58.8 Å². The lowest BCUT2D eigenvalue weighted by molar-refractivity contribution is -0.137. The fourth-order valence-electron chi connectivity index (χ4n) is 3.02. The van der Waals surface area contributed by atoms with Crippen molar-refractivity contribution in [2.75, 3.05) is 52.4 Å². The highest BCUT2D eigenvalue weighted by atomic mass is 16.4. The molecule has 0 aromatic carbocycles. The maximum atomic E-state index is 10.3. The summed E-state index contributed by atoms with van der Waals surface area (Å²) < 4.78 is 0. The van der Waals surface area contributed by atoms with Crippen LogP contribution >= 0.6 is 0 Å². The molecule has 0 bridgehead atoms. The smallest absolute Gasteiger partial charge is 0.303 e. The summed E-state index contributed by atoms with van der Waals surface area (Å²) in [4.78, 5) is 10.3. The van der Waals surface area contributed by atoms with Gasteiger partial charge in [-0.3, -0.25) is 4.79 Å². The van der Waals surface area contributed by atoms with Crippen molar-refractivity contribution in [3.8, 4) is 0 Å². The monoisotopic (exact) mass is 469 g/mol. The third kappa shape index (κ3) is 38.3. The molecule has 8 N–H and O–H groups in total. The van der Waals surface area contributed by atoms with Gasteiger partial charge in [0.05, 0.1) is 0 Å². The van der Waals surface area contributed by atoms with Gasteiger partial charge in [-0.25, -0.2) is 0 Å². The van der Waals surface area contributed by atoms with Crippen molar-refractivity contribution in [3.63, 3.8) is 0 Å². The molecule has 0 saturated carbocycles. The maximum absolute atomic E-state index is 10.3. The van der Waals surface area contributed by atoms with E-state index in [0.29, 0.717) is 19.5 Å². The van der Waals surface area contributed by atoms with Gasteiger partial charge in [-0.15, -0.1) is 0 Å². The molecule has 0 aromatic heterocycles. The highest BCUT2D eigenvalue weighted by molar-refractivity contribution is 5.66. The summed E-state index contributed by atoms with van der Waals surface area (Å²) in [5, 5.41) is 18.2. The van der Waals surface area contributed by atoms with E-state index >= 15 is 0 Å². The predicted octanol–water partition coefficient (Wildman–Crippen LogP) is 3.56. The minimum Gasteiger partial charge on any atom is -0.481 e. The minimum absolute atomic E-state index is 0.324. The van der Waals surface area contributed by atoms with E-state index < -0.39 is 5.97 Å². The molecule has 0 spiro atoms. The van der Waals surface area contributed by atoms with E-state index in [0.717, 1.165) is 65.0 Å². The second-order valence-corrected chi connectivity index (χ2v) is 8.20. The van der Waals surface area contributed by atoms with Crippen molar-refractivity contribution in [1.82, 2.24) is 16.0 Å². The van der Waals surface area contributed by atoms with Crippen LogP contribution in [-0.2, 0) is 4.79 Å². The Labute approximate surface area is 204 Å². The summed E-state index contributed by atoms with van der Waals surface area (Å²) in [6.45, 7) is 9.38. The normalized spacial score (nSPS) is 11.2. The van der Waals surface area contributed by atoms with Crippen molar-refractivity contribution in [1.29, 1.82) is 0 Å². The number of nitrogens with one attached hydrogen (secondary N) is 3. The summed E-state index contributed by atoms with van der Waals surface area (Å²) in [7, 11) is 0. The van der Waals surface area contributed by atoms with Crippen LogP contribution in [0.25, 0.3) is 0 Å². The molecule has 0 aliphatic rings. The van der Waals surface area contributed by atoms with Gasteiger partial charge in [-0.2, -0.15) is 0 Å². The first kappa shape index (κ1) is 33.9. The Morgan fingerprint density at radius 2 is 1.12 bits per heavy atom. The Balaban J connectivity index is 0. The highest BCUT2D eigenvalue weighted by Crippen LogP contribution is 2.08. The number of allylic oxidation sites excluding steroid dienone is 4. The van der Waals surface area contributed by atoms with Crippen molar-refractivity contribution >= 4 is 5.97 Å². The van der Waals surface area contributed by atoms with Gasteiger partial charge in [0.15, 0.2) is 0 Å². The molecule has 0 rings (SSSR count). The number of nitrogens with two attached hydrogens (primary N) is 2. The topological polar surface area (TPSA) is 125 Å². The van der Waals surface area contributed by atoms with E-state index in [9.17, 15) is 4.79 Å². The van der Waals surface area contributed by atoms with E-state index in [1.165, 1.54) is 44.9 Å². The molecule has 0 heterocycles. The fraction of sp³-hybridized carbons (Fsp3) is 0.808. The molecular formula is C26H55N5O2. The van der Waals surface area contributed by atoms with Crippen LogP contribution in [0.1, 0.15) is 84.0 Å². The van der Waals surface area contributed by atoms with Crippen molar-refractivity contribution in [2.45, 2.75) is 84.0 Å². The molecule has 33 heavy (non-hydrogen) atoms. The molecule has 0 amide bonds. The molecule has 0 fully saturated rings. The number of hydrogen-bond acceptors (Lipinski definition) is 6. The summed E-state index contributed by atoms with van der Waals surface area (Å²) in [6.07, 6.45) is 22.3. The molecule has 0 aliphatic carbocycles. The Bertz CT molecular complexity index is 421. The lowest BCUT2D eigenvalue weighted by atomic mass is 10.1. The van der Waals surface area contributed by atoms with E-state index in [1.54, 1.807) is 0 Å². The molecule has 0 aliphatic heterocycles. The van der Waals surface area contributed by atoms with Crippen LogP contribution in [0.5, 0.6) is 0 Å². The van der Waals surface area contributed by atoms with Gasteiger partial charge in [-0.05, 0) is 38.5 Å². The summed E-state index contributed by atoms with van der Waals surface area (Å²) in [6, 6.07) is 0. The van der Waals surface area contributed by atoms with Crippen molar-refractivity contribution < 1.29 is 9.90 Å². The van der Waals surface area contributed by atoms with Gasteiger partial charge >= 0.3 is 5.97 Å². The van der Waals surface area contributed by atoms with Crippen molar-refractivity contribution in [2.24, 2.45) is 11.5 Å². The van der Waals surface area contributed by atoms with Crippen molar-refractivity contribution in [3.05, 3.63) is 24.3 Å². The largest absolute Gasteiger partial charge is 0.481 e. The molecule has 0 radical (unpaired) electrons. The van der Waals surface area contributed by atoms with Crippen LogP contribution in [-0.4, -0.2) is 63.4 Å². The first-order valence-electron chi connectivity index (χ1n) is 13.2. The van der Waals surface area contributed by atoms with Crippen LogP contribution in [0.4, 0.5) is 0 Å². The zero-order valence-corrected chi connectivity index (χ0v) is 21.5. The molecule has 0 atom stereocenters. The Kier molecular flexibility index (Phi) is 33.8. The lowest BCUT2D eigenvalue weighted by Crippen LogP contribution is -2.35. The average Bonchev–Trinajstić information content (AvgIpc) is 2.81. The van der Waals surface area contributed by atoms with E-state index in [2.05, 4.69) is 47.2 Å². The summed E-state index contributed by atoms with van der Waals surface area (Å²) in [5.74, 6) is -0.671. The molecular weight excluding hydrogens is 414 g/mol. The van der Waals surface area contributed by atoms with Gasteiger partial charge in [0.2, 0.25) is 0 Å². The number of carbonyl (C=O) groups is 1. The van der Waals surface area contributed by atoms with Gasteiger partial charge in [0.25, 0.3) is 0 Å². The first-order valence-corrected chi connectivity index (χ1v) is 13.2. The fourth-order valence-corrected chi connectivity index (χ4v) is 3.02. The van der Waals surface area contributed by atoms with E-state index in [1.807, 2.05) is 0 Å². The molecule has 196 valence electrons. The maximum Gasteiger partial charge on any atom is 0.303 e. The molecule has 7 heteroatoms. The average molecular weight is 470 g/mol.